The molecule has 5 heteroatoms. The molecule has 0 radical (unpaired) electrons. The maximum Gasteiger partial charge on any atom is 0.275 e. The number of fused-ring (bicyclic) bond motifs is 1. The van der Waals surface area contributed by atoms with Crippen LogP contribution in [0.5, 0.6) is 0 Å². The molecule has 0 aliphatic heterocycles. The van der Waals surface area contributed by atoms with E-state index < -0.39 is 14.9 Å². The molecule has 3 N–H and O–H groups in total. The number of nitrogen functional groups attached to an aromatic ring is 1. The van der Waals surface area contributed by atoms with E-state index in [-0.39, 0.29) is 0 Å². The Morgan fingerprint density at radius 1 is 1.00 bits per heavy atom. The summed E-state index contributed by atoms with van der Waals surface area (Å²) in [6.45, 7) is 0. The van der Waals surface area contributed by atoms with E-state index in [4.69, 9.17) is 5.73 Å². The highest BCUT2D eigenvalue weighted by atomic mass is 32.2. The van der Waals surface area contributed by atoms with Crippen LogP contribution in [0.25, 0.3) is 10.8 Å². The number of nitrogens with two attached hydrogens (primary N) is 1. The average Bonchev–Trinajstić information content (AvgIpc) is 2.47. The molecule has 4 nitrogen and oxygen atoms in total. The third kappa shape index (κ3) is 2.21. The minimum absolute atomic E-state index is 0.421. The Bertz CT molecular complexity index is 777. The second kappa shape index (κ2) is 5.00. The third-order valence-corrected chi connectivity index (χ3v) is 6.17. The summed E-state index contributed by atoms with van der Waals surface area (Å²) in [6.07, 6.45) is 3.39. The molecule has 0 atom stereocenters. The highest BCUT2D eigenvalue weighted by Gasteiger charge is 2.47. The van der Waals surface area contributed by atoms with E-state index in [0.29, 0.717) is 24.1 Å². The minimum atomic E-state index is -4.23. The highest BCUT2D eigenvalue weighted by Crippen LogP contribution is 2.48. The standard InChI is InChI=1S/C16H19NO3S/c17-14-9-8-12-6-2-3-7-13(12)15(14)16(21(18,19)20)10-4-1-5-11-16/h2-3,6-9H,1,4-5,10-11,17H2,(H,18,19,20). The van der Waals surface area contributed by atoms with Gasteiger partial charge in [-0.2, -0.15) is 8.42 Å². The van der Waals surface area contributed by atoms with Crippen LogP contribution in [0.2, 0.25) is 0 Å². The number of hydrogen-bond acceptors (Lipinski definition) is 3. The molecule has 1 saturated carbocycles. The van der Waals surface area contributed by atoms with Gasteiger partial charge in [0.2, 0.25) is 0 Å². The zero-order chi connectivity index (χ0) is 15.1. The van der Waals surface area contributed by atoms with Gasteiger partial charge in [-0.25, -0.2) is 0 Å². The lowest BCUT2D eigenvalue weighted by molar-refractivity contribution is 0.347. The fraction of sp³-hybridized carbons (Fsp3) is 0.375. The molecule has 2 aromatic rings. The maximum absolute atomic E-state index is 12.2. The van der Waals surface area contributed by atoms with Crippen LogP contribution < -0.4 is 5.73 Å². The lowest BCUT2D eigenvalue weighted by Gasteiger charge is -2.36. The van der Waals surface area contributed by atoms with Crippen molar-refractivity contribution in [1.82, 2.24) is 0 Å². The second-order valence-electron chi connectivity index (χ2n) is 5.78. The molecular weight excluding hydrogens is 286 g/mol. The van der Waals surface area contributed by atoms with Gasteiger partial charge >= 0.3 is 0 Å². The van der Waals surface area contributed by atoms with Gasteiger partial charge < -0.3 is 5.73 Å². The first-order valence-electron chi connectivity index (χ1n) is 7.20. The number of benzene rings is 2. The van der Waals surface area contributed by atoms with Crippen molar-refractivity contribution in [2.45, 2.75) is 36.9 Å². The molecule has 0 unspecified atom stereocenters. The van der Waals surface area contributed by atoms with E-state index in [0.717, 1.165) is 30.0 Å². The van der Waals surface area contributed by atoms with E-state index in [1.165, 1.54) is 0 Å². The lowest BCUT2D eigenvalue weighted by atomic mass is 9.80. The van der Waals surface area contributed by atoms with Crippen LogP contribution in [0.15, 0.2) is 36.4 Å². The number of rotatable bonds is 2. The molecule has 0 heterocycles. The molecule has 0 aromatic heterocycles. The first kappa shape index (κ1) is 14.4. The van der Waals surface area contributed by atoms with Gasteiger partial charge in [0.05, 0.1) is 0 Å². The van der Waals surface area contributed by atoms with Gasteiger partial charge in [0.1, 0.15) is 4.75 Å². The average molecular weight is 305 g/mol. The SMILES string of the molecule is Nc1ccc2ccccc2c1C1(S(=O)(=O)O)CCCCC1. The van der Waals surface area contributed by atoms with Crippen molar-refractivity contribution < 1.29 is 13.0 Å². The Kier molecular flexibility index (Phi) is 3.42. The van der Waals surface area contributed by atoms with Crippen LogP contribution in [0.4, 0.5) is 5.69 Å². The number of anilines is 1. The molecule has 0 bridgehead atoms. The summed E-state index contributed by atoms with van der Waals surface area (Å²) < 4.78 is 33.1. The van der Waals surface area contributed by atoms with Crippen molar-refractivity contribution in [2.24, 2.45) is 0 Å². The molecule has 112 valence electrons. The van der Waals surface area contributed by atoms with Crippen LogP contribution in [-0.2, 0) is 14.9 Å². The monoisotopic (exact) mass is 305 g/mol. The van der Waals surface area contributed by atoms with Crippen LogP contribution in [-0.4, -0.2) is 13.0 Å². The third-order valence-electron chi connectivity index (χ3n) is 4.57. The summed E-state index contributed by atoms with van der Waals surface area (Å²) >= 11 is 0. The van der Waals surface area contributed by atoms with Crippen molar-refractivity contribution >= 4 is 26.6 Å². The normalized spacial score (nSPS) is 18.7. The smallest absolute Gasteiger partial charge is 0.275 e. The Balaban J connectivity index is 2.37. The Morgan fingerprint density at radius 3 is 2.33 bits per heavy atom. The fourth-order valence-electron chi connectivity index (χ4n) is 3.56. The van der Waals surface area contributed by atoms with Crippen LogP contribution >= 0.6 is 0 Å². The molecule has 2 aromatic carbocycles. The van der Waals surface area contributed by atoms with Crippen molar-refractivity contribution in [3.05, 3.63) is 42.0 Å². The number of hydrogen-bond donors (Lipinski definition) is 2. The van der Waals surface area contributed by atoms with Gasteiger partial charge in [0.15, 0.2) is 0 Å². The zero-order valence-corrected chi connectivity index (χ0v) is 12.6. The van der Waals surface area contributed by atoms with Crippen molar-refractivity contribution in [3.63, 3.8) is 0 Å². The van der Waals surface area contributed by atoms with Crippen molar-refractivity contribution in [1.29, 1.82) is 0 Å². The van der Waals surface area contributed by atoms with E-state index in [1.807, 2.05) is 30.3 Å². The van der Waals surface area contributed by atoms with Crippen LogP contribution in [0.1, 0.15) is 37.7 Å². The van der Waals surface area contributed by atoms with Crippen LogP contribution in [0, 0.1) is 0 Å². The maximum atomic E-state index is 12.2. The summed E-state index contributed by atoms with van der Waals surface area (Å²) in [5.74, 6) is 0. The minimum Gasteiger partial charge on any atom is -0.398 e. The largest absolute Gasteiger partial charge is 0.398 e. The van der Waals surface area contributed by atoms with Crippen molar-refractivity contribution in [2.75, 3.05) is 5.73 Å². The summed E-state index contributed by atoms with van der Waals surface area (Å²) in [7, 11) is -4.23. The Hall–Kier alpha value is -1.59. The van der Waals surface area contributed by atoms with E-state index in [1.54, 1.807) is 6.07 Å². The molecule has 0 saturated heterocycles. The van der Waals surface area contributed by atoms with Gasteiger partial charge in [0, 0.05) is 11.3 Å². The second-order valence-corrected chi connectivity index (χ2v) is 7.51. The molecule has 3 rings (SSSR count). The highest BCUT2D eigenvalue weighted by molar-refractivity contribution is 7.86. The predicted octanol–water partition coefficient (Wildman–Crippen LogP) is 3.47. The van der Waals surface area contributed by atoms with Gasteiger partial charge in [-0.05, 0) is 29.7 Å². The lowest BCUT2D eigenvalue weighted by Crippen LogP contribution is -2.38. The molecule has 0 amide bonds. The quantitative estimate of drug-likeness (QED) is 0.657. The first-order valence-corrected chi connectivity index (χ1v) is 8.64. The molecule has 1 aliphatic carbocycles. The molecular formula is C16H19NO3S. The van der Waals surface area contributed by atoms with E-state index >= 15 is 0 Å². The van der Waals surface area contributed by atoms with Gasteiger partial charge in [-0.15, -0.1) is 0 Å². The molecule has 21 heavy (non-hydrogen) atoms. The summed E-state index contributed by atoms with van der Waals surface area (Å²) in [4.78, 5) is 0. The van der Waals surface area contributed by atoms with E-state index in [2.05, 4.69) is 0 Å². The summed E-state index contributed by atoms with van der Waals surface area (Å²) in [5, 5.41) is 1.76. The molecule has 1 fully saturated rings. The topological polar surface area (TPSA) is 80.4 Å². The Morgan fingerprint density at radius 2 is 1.67 bits per heavy atom. The van der Waals surface area contributed by atoms with Crippen LogP contribution in [0.3, 0.4) is 0 Å². The van der Waals surface area contributed by atoms with Gasteiger partial charge in [0.25, 0.3) is 10.1 Å². The first-order chi connectivity index (χ1) is 9.96. The summed E-state index contributed by atoms with van der Waals surface area (Å²) in [6, 6.07) is 11.2. The van der Waals surface area contributed by atoms with Gasteiger partial charge in [-0.3, -0.25) is 4.55 Å². The van der Waals surface area contributed by atoms with Crippen molar-refractivity contribution in [3.8, 4) is 0 Å². The van der Waals surface area contributed by atoms with E-state index in [9.17, 15) is 13.0 Å². The molecule has 0 spiro atoms. The fourth-order valence-corrected chi connectivity index (χ4v) is 4.85. The predicted molar refractivity (Wildman–Crippen MR) is 84.7 cm³/mol. The molecule has 1 aliphatic rings. The zero-order valence-electron chi connectivity index (χ0n) is 11.7. The Labute approximate surface area is 124 Å². The van der Waals surface area contributed by atoms with Gasteiger partial charge in [-0.1, -0.05) is 49.6 Å². The summed E-state index contributed by atoms with van der Waals surface area (Å²) in [5.41, 5.74) is 7.13.